The number of fused-ring (bicyclic) bond motifs is 8. The van der Waals surface area contributed by atoms with Crippen LogP contribution in [0, 0.1) is 0 Å². The molecule has 0 spiro atoms. The van der Waals surface area contributed by atoms with Crippen LogP contribution in [0.3, 0.4) is 0 Å². The molecule has 0 saturated carbocycles. The minimum atomic E-state index is 0.570. The van der Waals surface area contributed by atoms with Gasteiger partial charge in [-0.2, -0.15) is 9.97 Å². The number of nitrogens with zero attached hydrogens (tertiary/aromatic N) is 4. The van der Waals surface area contributed by atoms with Crippen molar-refractivity contribution in [2.45, 2.75) is 0 Å². The molecule has 3 heterocycles. The molecule has 5 heteroatoms. The van der Waals surface area contributed by atoms with Gasteiger partial charge in [-0.15, -0.1) is 11.3 Å². The Morgan fingerprint density at radius 3 is 1.57 bits per heavy atom. The minimum absolute atomic E-state index is 0.570. The smallest absolute Gasteiger partial charge is 0.238 e. The molecule has 60 heavy (non-hydrogen) atoms. The third-order valence-corrected chi connectivity index (χ3v) is 12.8. The summed E-state index contributed by atoms with van der Waals surface area (Å²) in [5.41, 5.74) is 10.8. The van der Waals surface area contributed by atoms with Gasteiger partial charge in [-0.1, -0.05) is 182 Å². The molecule has 0 N–H and O–H groups in total. The maximum absolute atomic E-state index is 5.33. The van der Waals surface area contributed by atoms with E-state index < -0.39 is 0 Å². The predicted molar refractivity (Wildman–Crippen MR) is 252 cm³/mol. The van der Waals surface area contributed by atoms with Crippen molar-refractivity contribution in [1.82, 2.24) is 19.5 Å². The van der Waals surface area contributed by atoms with Crippen molar-refractivity contribution in [3.63, 3.8) is 0 Å². The topological polar surface area (TPSA) is 43.6 Å². The highest BCUT2D eigenvalue weighted by atomic mass is 32.1. The Balaban J connectivity index is 1.09. The van der Waals surface area contributed by atoms with Gasteiger partial charge in [0.1, 0.15) is 0 Å². The van der Waals surface area contributed by atoms with Crippen LogP contribution in [0.5, 0.6) is 0 Å². The van der Waals surface area contributed by atoms with E-state index in [1.54, 1.807) is 0 Å². The van der Waals surface area contributed by atoms with Gasteiger partial charge in [-0.3, -0.25) is 4.57 Å². The first kappa shape index (κ1) is 34.3. The van der Waals surface area contributed by atoms with Gasteiger partial charge in [0.25, 0.3) is 0 Å². The fourth-order valence-corrected chi connectivity index (χ4v) is 9.88. The van der Waals surface area contributed by atoms with E-state index >= 15 is 0 Å². The molecule has 0 radical (unpaired) electrons. The maximum atomic E-state index is 5.33. The summed E-state index contributed by atoms with van der Waals surface area (Å²) in [6.45, 7) is 0. The van der Waals surface area contributed by atoms with E-state index in [4.69, 9.17) is 15.0 Å². The molecule has 0 aliphatic carbocycles. The molecule has 280 valence electrons. The summed E-state index contributed by atoms with van der Waals surface area (Å²) in [6, 6.07) is 73.3. The molecule has 12 rings (SSSR count). The molecule has 9 aromatic carbocycles. The number of aromatic nitrogens is 4. The Morgan fingerprint density at radius 2 is 0.883 bits per heavy atom. The van der Waals surface area contributed by atoms with E-state index in [-0.39, 0.29) is 0 Å². The zero-order valence-corrected chi connectivity index (χ0v) is 33.1. The Hall–Kier alpha value is -7.73. The van der Waals surface area contributed by atoms with Crippen molar-refractivity contribution in [3.8, 4) is 62.1 Å². The number of hydrogen-bond donors (Lipinski definition) is 0. The van der Waals surface area contributed by atoms with Crippen LogP contribution >= 0.6 is 11.3 Å². The fraction of sp³-hybridized carbons (Fsp3) is 0. The number of rotatable bonds is 6. The number of para-hydroxylation sites is 2. The lowest BCUT2D eigenvalue weighted by Crippen LogP contribution is -2.07. The van der Waals surface area contributed by atoms with Crippen LogP contribution in [-0.2, 0) is 0 Å². The molecule has 0 aliphatic rings. The molecule has 0 unspecified atom stereocenters. The molecule has 3 aromatic heterocycles. The first-order valence-corrected chi connectivity index (χ1v) is 21.0. The normalized spacial score (nSPS) is 11.7. The molecule has 4 nitrogen and oxygen atoms in total. The molecule has 0 fully saturated rings. The highest BCUT2D eigenvalue weighted by Gasteiger charge is 2.21. The van der Waals surface area contributed by atoms with Crippen LogP contribution in [0.2, 0.25) is 0 Å². The fourth-order valence-electron chi connectivity index (χ4n) is 8.78. The lowest BCUT2D eigenvalue weighted by molar-refractivity contribution is 0.954. The Kier molecular flexibility index (Phi) is 8.00. The number of benzene rings is 9. The highest BCUT2D eigenvalue weighted by Crippen LogP contribution is 2.43. The number of thiophene rings is 1. The van der Waals surface area contributed by atoms with Crippen molar-refractivity contribution < 1.29 is 0 Å². The van der Waals surface area contributed by atoms with Crippen LogP contribution in [0.1, 0.15) is 0 Å². The molecular formula is C55H34N4S. The van der Waals surface area contributed by atoms with Crippen LogP contribution < -0.4 is 0 Å². The largest absolute Gasteiger partial charge is 0.277 e. The van der Waals surface area contributed by atoms with Gasteiger partial charge >= 0.3 is 0 Å². The van der Waals surface area contributed by atoms with Gasteiger partial charge < -0.3 is 0 Å². The van der Waals surface area contributed by atoms with Crippen LogP contribution in [0.4, 0.5) is 0 Å². The molecular weight excluding hydrogens is 749 g/mol. The second-order valence-electron chi connectivity index (χ2n) is 15.2. The monoisotopic (exact) mass is 782 g/mol. The summed E-state index contributed by atoms with van der Waals surface area (Å²) in [5, 5.41) is 7.41. The zero-order valence-electron chi connectivity index (χ0n) is 32.3. The first-order chi connectivity index (χ1) is 29.7. The summed E-state index contributed by atoms with van der Waals surface area (Å²) in [5.74, 6) is 1.80. The van der Waals surface area contributed by atoms with Crippen molar-refractivity contribution in [1.29, 1.82) is 0 Å². The average molecular weight is 783 g/mol. The van der Waals surface area contributed by atoms with Gasteiger partial charge in [0, 0.05) is 47.6 Å². The molecule has 0 amide bonds. The maximum Gasteiger partial charge on any atom is 0.238 e. The summed E-state index contributed by atoms with van der Waals surface area (Å²) >= 11 is 1.85. The van der Waals surface area contributed by atoms with E-state index in [2.05, 4.69) is 199 Å². The molecule has 0 atom stereocenters. The molecule has 0 bridgehead atoms. The van der Waals surface area contributed by atoms with Crippen LogP contribution in [0.25, 0.3) is 115 Å². The SMILES string of the molecule is c1ccc(-c2ccc(-c3nc(-c4ccc(-c5ccccc5)cc4)nc(-n4c5ccccc5c5cccc(-c6ccc7sc8ccc9ccccc9c8c7c6)c54)n3)cc2)cc1. The Labute approximate surface area is 350 Å². The average Bonchev–Trinajstić information content (AvgIpc) is 3.88. The van der Waals surface area contributed by atoms with E-state index in [9.17, 15) is 0 Å². The summed E-state index contributed by atoms with van der Waals surface area (Å²) in [4.78, 5) is 15.8. The zero-order chi connectivity index (χ0) is 39.6. The lowest BCUT2D eigenvalue weighted by Gasteiger charge is -2.13. The molecule has 0 aliphatic heterocycles. The summed E-state index contributed by atoms with van der Waals surface area (Å²) in [6.07, 6.45) is 0. The Bertz CT molecular complexity index is 3470. The van der Waals surface area contributed by atoms with E-state index in [1.165, 1.54) is 42.1 Å². The predicted octanol–water partition coefficient (Wildman–Crippen LogP) is 14.8. The third-order valence-electron chi connectivity index (χ3n) is 11.7. The van der Waals surface area contributed by atoms with E-state index in [1.807, 2.05) is 23.5 Å². The van der Waals surface area contributed by atoms with E-state index in [0.717, 1.165) is 55.2 Å². The lowest BCUT2D eigenvalue weighted by atomic mass is 9.98. The van der Waals surface area contributed by atoms with Crippen LogP contribution in [0.15, 0.2) is 206 Å². The van der Waals surface area contributed by atoms with Crippen molar-refractivity contribution in [3.05, 3.63) is 206 Å². The summed E-state index contributed by atoms with van der Waals surface area (Å²) in [7, 11) is 0. The second-order valence-corrected chi connectivity index (χ2v) is 16.3. The molecule has 12 aromatic rings. The summed E-state index contributed by atoms with van der Waals surface area (Å²) < 4.78 is 4.82. The highest BCUT2D eigenvalue weighted by molar-refractivity contribution is 7.26. The first-order valence-electron chi connectivity index (χ1n) is 20.2. The van der Waals surface area contributed by atoms with Crippen molar-refractivity contribution in [2.75, 3.05) is 0 Å². The van der Waals surface area contributed by atoms with Gasteiger partial charge in [-0.25, -0.2) is 4.98 Å². The Morgan fingerprint density at radius 1 is 0.350 bits per heavy atom. The van der Waals surface area contributed by atoms with E-state index in [0.29, 0.717) is 17.6 Å². The second kappa shape index (κ2) is 14.0. The molecule has 0 saturated heterocycles. The van der Waals surface area contributed by atoms with Crippen molar-refractivity contribution in [2.24, 2.45) is 0 Å². The van der Waals surface area contributed by atoms with Gasteiger partial charge in [0.2, 0.25) is 5.95 Å². The van der Waals surface area contributed by atoms with Crippen LogP contribution in [-0.4, -0.2) is 19.5 Å². The van der Waals surface area contributed by atoms with Gasteiger partial charge in [-0.05, 0) is 62.9 Å². The minimum Gasteiger partial charge on any atom is -0.277 e. The van der Waals surface area contributed by atoms with Gasteiger partial charge in [0.05, 0.1) is 11.0 Å². The third kappa shape index (κ3) is 5.70. The van der Waals surface area contributed by atoms with Crippen molar-refractivity contribution >= 4 is 64.1 Å². The number of hydrogen-bond acceptors (Lipinski definition) is 4. The van der Waals surface area contributed by atoms with Gasteiger partial charge in [0.15, 0.2) is 11.6 Å². The quantitative estimate of drug-likeness (QED) is 0.169. The standard InChI is InChI=1S/C55H34N4S/c1-3-12-35(13-4-1)37-22-26-40(27-23-37)53-56-54(41-28-24-38(25-29-41)36-14-5-2-6-15-36)58-55(57-53)59-48-21-10-9-18-45(48)46-20-11-19-44(52(46)59)42-31-32-49-47(34-42)51-43-17-8-7-16-39(43)30-33-50(51)60-49/h1-34H.